The first kappa shape index (κ1) is 15.7. The highest BCUT2D eigenvalue weighted by Gasteiger charge is 2.22. The summed E-state index contributed by atoms with van der Waals surface area (Å²) in [5.41, 5.74) is 3.46. The van der Waals surface area contributed by atoms with Crippen LogP contribution in [0.3, 0.4) is 0 Å². The maximum absolute atomic E-state index is 12.2. The van der Waals surface area contributed by atoms with Crippen molar-refractivity contribution in [3.8, 4) is 11.1 Å². The molecule has 3 rings (SSSR count). The van der Waals surface area contributed by atoms with E-state index in [4.69, 9.17) is 4.74 Å². The second-order valence-corrected chi connectivity index (χ2v) is 5.80. The number of hydrogen-bond acceptors (Lipinski definition) is 3. The number of nitrogens with one attached hydrogen (secondary N) is 2. The Morgan fingerprint density at radius 1 is 1.13 bits per heavy atom. The molecule has 120 valence electrons. The van der Waals surface area contributed by atoms with Gasteiger partial charge < -0.3 is 15.4 Å². The van der Waals surface area contributed by atoms with Crippen LogP contribution in [0, 0.1) is 0 Å². The van der Waals surface area contributed by atoms with E-state index in [9.17, 15) is 4.79 Å². The fraction of sp³-hybridized carbons (Fsp3) is 0.316. The number of morpholine rings is 1. The molecule has 0 unspecified atom stereocenters. The van der Waals surface area contributed by atoms with Crippen LogP contribution in [0.4, 0.5) is 0 Å². The van der Waals surface area contributed by atoms with Gasteiger partial charge in [-0.2, -0.15) is 0 Å². The first-order valence-electron chi connectivity index (χ1n) is 8.01. The summed E-state index contributed by atoms with van der Waals surface area (Å²) in [6.07, 6.45) is 0. The predicted octanol–water partition coefficient (Wildman–Crippen LogP) is 2.52. The number of rotatable bonds is 4. The van der Waals surface area contributed by atoms with Crippen molar-refractivity contribution in [2.24, 2.45) is 0 Å². The standard InChI is InChI=1S/C19H22N2O2/c1-14(21-19(22)18-13-23-12-11-20-18)15-7-9-17(10-8-15)16-5-3-2-4-6-16/h2-10,14,18,20H,11-13H2,1H3,(H,21,22)/t14-,18-/m0/s1. The molecule has 2 atom stereocenters. The van der Waals surface area contributed by atoms with Crippen LogP contribution in [-0.4, -0.2) is 31.7 Å². The van der Waals surface area contributed by atoms with E-state index < -0.39 is 0 Å². The molecule has 1 fully saturated rings. The number of amides is 1. The molecule has 0 aliphatic carbocycles. The molecule has 23 heavy (non-hydrogen) atoms. The van der Waals surface area contributed by atoms with E-state index in [2.05, 4.69) is 47.0 Å². The summed E-state index contributed by atoms with van der Waals surface area (Å²) in [6.45, 7) is 3.82. The first-order valence-corrected chi connectivity index (χ1v) is 8.01. The Morgan fingerprint density at radius 2 is 1.83 bits per heavy atom. The Labute approximate surface area is 136 Å². The lowest BCUT2D eigenvalue weighted by Gasteiger charge is -2.25. The lowest BCUT2D eigenvalue weighted by Crippen LogP contribution is -2.51. The molecule has 2 N–H and O–H groups in total. The van der Waals surface area contributed by atoms with Gasteiger partial charge in [0.05, 0.1) is 19.3 Å². The van der Waals surface area contributed by atoms with Gasteiger partial charge in [-0.05, 0) is 23.6 Å². The SMILES string of the molecule is C[C@H](NC(=O)[C@@H]1COCCN1)c1ccc(-c2ccccc2)cc1. The molecule has 4 nitrogen and oxygen atoms in total. The van der Waals surface area contributed by atoms with Crippen molar-refractivity contribution in [2.75, 3.05) is 19.8 Å². The summed E-state index contributed by atoms with van der Waals surface area (Å²) in [6, 6.07) is 18.3. The number of benzene rings is 2. The number of ether oxygens (including phenoxy) is 1. The monoisotopic (exact) mass is 310 g/mol. The van der Waals surface area contributed by atoms with E-state index >= 15 is 0 Å². The summed E-state index contributed by atoms with van der Waals surface area (Å²) >= 11 is 0. The van der Waals surface area contributed by atoms with Gasteiger partial charge in [0.15, 0.2) is 0 Å². The second-order valence-electron chi connectivity index (χ2n) is 5.80. The van der Waals surface area contributed by atoms with E-state index in [1.54, 1.807) is 0 Å². The van der Waals surface area contributed by atoms with Crippen LogP contribution in [0.15, 0.2) is 54.6 Å². The minimum absolute atomic E-state index is 0.00987. The van der Waals surface area contributed by atoms with Crippen molar-refractivity contribution >= 4 is 5.91 Å². The highest BCUT2D eigenvalue weighted by Crippen LogP contribution is 2.21. The average molecular weight is 310 g/mol. The summed E-state index contributed by atoms with van der Waals surface area (Å²) in [5, 5.41) is 6.21. The Balaban J connectivity index is 1.63. The largest absolute Gasteiger partial charge is 0.378 e. The Bertz CT molecular complexity index is 634. The molecule has 2 aromatic rings. The lowest BCUT2D eigenvalue weighted by molar-refractivity contribution is -0.126. The summed E-state index contributed by atoms with van der Waals surface area (Å²) in [7, 11) is 0. The number of carbonyl (C=O) groups is 1. The van der Waals surface area contributed by atoms with Crippen LogP contribution in [-0.2, 0) is 9.53 Å². The van der Waals surface area contributed by atoms with Crippen LogP contribution in [0.5, 0.6) is 0 Å². The molecule has 2 aromatic carbocycles. The van der Waals surface area contributed by atoms with E-state index in [0.29, 0.717) is 13.2 Å². The van der Waals surface area contributed by atoms with Crippen LogP contribution in [0.2, 0.25) is 0 Å². The third-order valence-electron chi connectivity index (χ3n) is 4.11. The Kier molecular flexibility index (Phi) is 5.05. The summed E-state index contributed by atoms with van der Waals surface area (Å²) < 4.78 is 5.33. The average Bonchev–Trinajstić information content (AvgIpc) is 2.63. The maximum Gasteiger partial charge on any atom is 0.240 e. The maximum atomic E-state index is 12.2. The molecule has 1 aliphatic heterocycles. The van der Waals surface area contributed by atoms with Gasteiger partial charge in [-0.3, -0.25) is 4.79 Å². The fourth-order valence-corrected chi connectivity index (χ4v) is 2.73. The topological polar surface area (TPSA) is 50.4 Å². The molecular weight excluding hydrogens is 288 g/mol. The van der Waals surface area contributed by atoms with Crippen LogP contribution in [0.25, 0.3) is 11.1 Å². The zero-order valence-electron chi connectivity index (χ0n) is 13.3. The van der Waals surface area contributed by atoms with E-state index in [1.807, 2.05) is 25.1 Å². The smallest absolute Gasteiger partial charge is 0.240 e. The van der Waals surface area contributed by atoms with Gasteiger partial charge in [-0.1, -0.05) is 54.6 Å². The van der Waals surface area contributed by atoms with Crippen LogP contribution >= 0.6 is 0 Å². The molecule has 0 spiro atoms. The van der Waals surface area contributed by atoms with Crippen molar-refractivity contribution in [1.82, 2.24) is 10.6 Å². The number of carbonyl (C=O) groups excluding carboxylic acids is 1. The highest BCUT2D eigenvalue weighted by molar-refractivity contribution is 5.82. The number of hydrogen-bond donors (Lipinski definition) is 2. The lowest BCUT2D eigenvalue weighted by atomic mass is 10.0. The van der Waals surface area contributed by atoms with E-state index in [0.717, 1.165) is 12.1 Å². The van der Waals surface area contributed by atoms with Gasteiger partial charge in [0.2, 0.25) is 5.91 Å². The summed E-state index contributed by atoms with van der Waals surface area (Å²) in [5.74, 6) is -0.00987. The Morgan fingerprint density at radius 3 is 2.48 bits per heavy atom. The Hall–Kier alpha value is -2.17. The molecule has 1 saturated heterocycles. The van der Waals surface area contributed by atoms with Gasteiger partial charge in [-0.15, -0.1) is 0 Å². The van der Waals surface area contributed by atoms with Gasteiger partial charge in [0.1, 0.15) is 6.04 Å². The van der Waals surface area contributed by atoms with Gasteiger partial charge in [0.25, 0.3) is 0 Å². The zero-order valence-corrected chi connectivity index (χ0v) is 13.3. The third-order valence-corrected chi connectivity index (χ3v) is 4.11. The van der Waals surface area contributed by atoms with Gasteiger partial charge in [0, 0.05) is 6.54 Å². The van der Waals surface area contributed by atoms with E-state index in [-0.39, 0.29) is 18.0 Å². The normalized spacial score (nSPS) is 19.1. The minimum Gasteiger partial charge on any atom is -0.378 e. The van der Waals surface area contributed by atoms with Crippen molar-refractivity contribution < 1.29 is 9.53 Å². The first-order chi connectivity index (χ1) is 11.2. The fourth-order valence-electron chi connectivity index (χ4n) is 2.73. The molecule has 1 heterocycles. The predicted molar refractivity (Wildman–Crippen MR) is 91.0 cm³/mol. The summed E-state index contributed by atoms with van der Waals surface area (Å²) in [4.78, 5) is 12.2. The second kappa shape index (κ2) is 7.40. The molecule has 0 aromatic heterocycles. The van der Waals surface area contributed by atoms with Crippen molar-refractivity contribution in [2.45, 2.75) is 19.0 Å². The quantitative estimate of drug-likeness (QED) is 0.912. The van der Waals surface area contributed by atoms with E-state index in [1.165, 1.54) is 11.1 Å². The van der Waals surface area contributed by atoms with Crippen LogP contribution in [0.1, 0.15) is 18.5 Å². The molecule has 1 aliphatic rings. The highest BCUT2D eigenvalue weighted by atomic mass is 16.5. The minimum atomic E-state index is -0.255. The van der Waals surface area contributed by atoms with Gasteiger partial charge >= 0.3 is 0 Å². The molecule has 1 amide bonds. The zero-order chi connectivity index (χ0) is 16.1. The van der Waals surface area contributed by atoms with Crippen molar-refractivity contribution in [3.63, 3.8) is 0 Å². The van der Waals surface area contributed by atoms with Crippen molar-refractivity contribution in [1.29, 1.82) is 0 Å². The third kappa shape index (κ3) is 3.97. The molecule has 0 bridgehead atoms. The van der Waals surface area contributed by atoms with Crippen LogP contribution < -0.4 is 10.6 Å². The molecule has 0 radical (unpaired) electrons. The van der Waals surface area contributed by atoms with Gasteiger partial charge in [-0.25, -0.2) is 0 Å². The van der Waals surface area contributed by atoms with Crippen molar-refractivity contribution in [3.05, 3.63) is 60.2 Å². The molecule has 0 saturated carbocycles. The molecule has 4 heteroatoms. The molecular formula is C19H22N2O2.